The van der Waals surface area contributed by atoms with Gasteiger partial charge in [0.25, 0.3) is 0 Å². The topological polar surface area (TPSA) is 93.9 Å². The van der Waals surface area contributed by atoms with Gasteiger partial charge in [-0.05, 0) is 29.3 Å². The van der Waals surface area contributed by atoms with E-state index in [4.69, 9.17) is 27.8 Å². The van der Waals surface area contributed by atoms with Crippen molar-refractivity contribution in [2.75, 3.05) is 13.7 Å². The molecule has 2 aromatic rings. The Balaban J connectivity index is 0.00000280. The van der Waals surface area contributed by atoms with E-state index < -0.39 is 23.8 Å². The number of halogens is 3. The van der Waals surface area contributed by atoms with Crippen LogP contribution in [0.15, 0.2) is 35.3 Å². The highest BCUT2D eigenvalue weighted by Gasteiger charge is 2.32. The Morgan fingerprint density at radius 2 is 1.93 bits per heavy atom. The highest BCUT2D eigenvalue weighted by Crippen LogP contribution is 2.40. The molecule has 1 atom stereocenters. The zero-order valence-electron chi connectivity index (χ0n) is 14.4. The number of carbonyl (C=O) groups is 1. The number of hydrogen-bond acceptors (Lipinski definition) is 2. The monoisotopic (exact) mass is 410 g/mol. The van der Waals surface area contributed by atoms with Gasteiger partial charge in [0.1, 0.15) is 17.7 Å². The minimum Gasteiger partial charge on any atom is -0.375 e. The van der Waals surface area contributed by atoms with Crippen LogP contribution >= 0.6 is 11.6 Å². The summed E-state index contributed by atoms with van der Waals surface area (Å²) in [4.78, 5) is 17.2. The van der Waals surface area contributed by atoms with Crippen LogP contribution in [0.3, 0.4) is 0 Å². The van der Waals surface area contributed by atoms with Crippen LogP contribution in [0.4, 0.5) is 13.6 Å². The van der Waals surface area contributed by atoms with Gasteiger partial charge in [-0.1, -0.05) is 25.1 Å². The number of urea groups is 1. The predicted molar refractivity (Wildman–Crippen MR) is 105 cm³/mol. The lowest BCUT2D eigenvalue weighted by molar-refractivity contribution is 0.0615. The molecule has 2 amide bonds. The highest BCUT2D eigenvalue weighted by atomic mass is 35.5. The van der Waals surface area contributed by atoms with Crippen LogP contribution in [0, 0.1) is 11.6 Å². The number of fused-ring (bicyclic) bond motifs is 1. The molecule has 1 aliphatic heterocycles. The van der Waals surface area contributed by atoms with Crippen LogP contribution < -0.4 is 11.5 Å². The third kappa shape index (κ3) is 4.07. The maximum Gasteiger partial charge on any atom is 0.347 e. The molecule has 0 saturated carbocycles. The molecule has 0 aliphatic carbocycles. The number of guanidine groups is 1. The van der Waals surface area contributed by atoms with Crippen LogP contribution in [0.25, 0.3) is 11.1 Å². The molecule has 0 saturated heterocycles. The molecule has 3 rings (SSSR count). The molecule has 6 nitrogen and oxygen atoms in total. The maximum atomic E-state index is 14.4. The van der Waals surface area contributed by atoms with E-state index in [1.54, 1.807) is 12.1 Å². The Hall–Kier alpha value is -2.71. The second kappa shape index (κ2) is 8.53. The van der Waals surface area contributed by atoms with Crippen molar-refractivity contribution in [2.24, 2.45) is 16.5 Å². The second-order valence-electron chi connectivity index (χ2n) is 6.04. The van der Waals surface area contributed by atoms with E-state index in [1.807, 2.05) is 0 Å². The normalized spacial score (nSPS) is 15.4. The molecule has 0 radical (unpaired) electrons. The highest BCUT2D eigenvalue weighted by molar-refractivity contribution is 6.31. The van der Waals surface area contributed by atoms with Crippen molar-refractivity contribution in [1.29, 1.82) is 0 Å². The van der Waals surface area contributed by atoms with E-state index in [9.17, 15) is 13.6 Å². The van der Waals surface area contributed by atoms with Crippen LogP contribution in [0.1, 0.15) is 24.7 Å². The van der Waals surface area contributed by atoms with E-state index in [0.717, 1.165) is 6.07 Å². The molecule has 9 heteroatoms. The minimum atomic E-state index is -0.721. The first-order valence-corrected chi connectivity index (χ1v) is 8.37. The number of rotatable bonds is 2. The number of hydrogen-bond donors (Lipinski definition) is 2. The largest absolute Gasteiger partial charge is 0.375 e. The number of aliphatic imine (C=N–C) groups is 1. The summed E-state index contributed by atoms with van der Waals surface area (Å²) >= 11 is 6.35. The van der Waals surface area contributed by atoms with Gasteiger partial charge in [0, 0.05) is 35.9 Å². The molecule has 0 fully saturated rings. The van der Waals surface area contributed by atoms with E-state index in [1.165, 1.54) is 24.1 Å². The minimum absolute atomic E-state index is 0. The molecule has 1 unspecified atom stereocenters. The Bertz CT molecular complexity index is 932. The average molecular weight is 411 g/mol. The fraction of sp³-hybridized carbons (Fsp3) is 0.263. The molecule has 0 aromatic heterocycles. The standard InChI is InChI=1S/C18H17ClF2N4O2.CH4/c1-27-15-8-25(18(26)24-17(22)23)7-12-10(4-5-13(19)16(12)15)11-3-2-9(20)6-14(11)21;/h2-6,15H,7-8H2,1H3,(H4,22,23,24,26);1H4. The lowest BCUT2D eigenvalue weighted by Crippen LogP contribution is -2.39. The van der Waals surface area contributed by atoms with Gasteiger partial charge in [-0.25, -0.2) is 13.6 Å². The molecule has 150 valence electrons. The molecular formula is C19H21ClF2N4O2. The molecule has 0 spiro atoms. The zero-order chi connectivity index (χ0) is 19.7. The first-order valence-electron chi connectivity index (χ1n) is 7.99. The van der Waals surface area contributed by atoms with Crippen molar-refractivity contribution in [3.05, 3.63) is 58.1 Å². The van der Waals surface area contributed by atoms with E-state index in [-0.39, 0.29) is 32.0 Å². The van der Waals surface area contributed by atoms with Crippen molar-refractivity contribution in [2.45, 2.75) is 20.1 Å². The van der Waals surface area contributed by atoms with E-state index in [2.05, 4.69) is 4.99 Å². The SMILES string of the molecule is C.COC1CN(C(=O)N=C(N)N)Cc2c(-c3ccc(F)cc3F)ccc(Cl)c21. The van der Waals surface area contributed by atoms with Crippen LogP contribution in [-0.2, 0) is 11.3 Å². The number of methoxy groups -OCH3 is 1. The predicted octanol–water partition coefficient (Wildman–Crippen LogP) is 3.82. The summed E-state index contributed by atoms with van der Waals surface area (Å²) in [6, 6.07) is 5.91. The second-order valence-corrected chi connectivity index (χ2v) is 6.44. The third-order valence-electron chi connectivity index (χ3n) is 4.36. The average Bonchev–Trinajstić information content (AvgIpc) is 2.61. The summed E-state index contributed by atoms with van der Waals surface area (Å²) in [5.41, 5.74) is 12.5. The lowest BCUT2D eigenvalue weighted by atomic mass is 9.89. The molecule has 4 N–H and O–H groups in total. The molecule has 0 bridgehead atoms. The third-order valence-corrected chi connectivity index (χ3v) is 4.69. The lowest BCUT2D eigenvalue weighted by Gasteiger charge is -2.34. The first kappa shape index (κ1) is 21.6. The summed E-state index contributed by atoms with van der Waals surface area (Å²) in [6.45, 7) is 0.270. The van der Waals surface area contributed by atoms with Gasteiger partial charge in [0.2, 0.25) is 0 Å². The van der Waals surface area contributed by atoms with Crippen molar-refractivity contribution in [1.82, 2.24) is 4.90 Å². The summed E-state index contributed by atoms with van der Waals surface area (Å²) in [6.07, 6.45) is -0.553. The quantitative estimate of drug-likeness (QED) is 0.581. The van der Waals surface area contributed by atoms with Gasteiger partial charge < -0.3 is 21.1 Å². The Labute approximate surface area is 166 Å². The maximum absolute atomic E-state index is 14.4. The summed E-state index contributed by atoms with van der Waals surface area (Å²) in [5.74, 6) is -1.77. The van der Waals surface area contributed by atoms with Gasteiger partial charge in [-0.3, -0.25) is 0 Å². The van der Waals surface area contributed by atoms with Gasteiger partial charge in [0.05, 0.1) is 6.54 Å². The van der Waals surface area contributed by atoms with Crippen LogP contribution in [0.5, 0.6) is 0 Å². The smallest absolute Gasteiger partial charge is 0.347 e. The Morgan fingerprint density at radius 3 is 2.54 bits per heavy atom. The van der Waals surface area contributed by atoms with Crippen LogP contribution in [-0.4, -0.2) is 30.5 Å². The number of nitrogens with two attached hydrogens (primary N) is 2. The van der Waals surface area contributed by atoms with Gasteiger partial charge >= 0.3 is 6.03 Å². The molecular weight excluding hydrogens is 390 g/mol. The van der Waals surface area contributed by atoms with E-state index in [0.29, 0.717) is 21.7 Å². The molecule has 1 aliphatic rings. The summed E-state index contributed by atoms with van der Waals surface area (Å²) in [5, 5.41) is 0.428. The molecule has 2 aromatic carbocycles. The van der Waals surface area contributed by atoms with Gasteiger partial charge in [-0.2, -0.15) is 4.99 Å². The first-order chi connectivity index (χ1) is 12.8. The fourth-order valence-corrected chi connectivity index (χ4v) is 3.48. The van der Waals surface area contributed by atoms with Crippen LogP contribution in [0.2, 0.25) is 5.02 Å². The van der Waals surface area contributed by atoms with Gasteiger partial charge in [0.15, 0.2) is 5.96 Å². The zero-order valence-corrected chi connectivity index (χ0v) is 15.1. The number of amides is 2. The summed E-state index contributed by atoms with van der Waals surface area (Å²) < 4.78 is 33.2. The van der Waals surface area contributed by atoms with Crippen molar-refractivity contribution in [3.8, 4) is 11.1 Å². The Kier molecular flexibility index (Phi) is 6.58. The number of benzene rings is 2. The fourth-order valence-electron chi connectivity index (χ4n) is 3.18. The van der Waals surface area contributed by atoms with Gasteiger partial charge in [-0.15, -0.1) is 0 Å². The van der Waals surface area contributed by atoms with Crippen molar-refractivity contribution >= 4 is 23.6 Å². The van der Waals surface area contributed by atoms with E-state index >= 15 is 0 Å². The number of carbonyl (C=O) groups excluding carboxylic acids is 1. The number of nitrogens with zero attached hydrogens (tertiary/aromatic N) is 2. The number of ether oxygens (including phenoxy) is 1. The molecule has 1 heterocycles. The summed E-state index contributed by atoms with van der Waals surface area (Å²) in [7, 11) is 1.48. The van der Waals surface area contributed by atoms with Crippen molar-refractivity contribution in [3.63, 3.8) is 0 Å². The van der Waals surface area contributed by atoms with Crippen molar-refractivity contribution < 1.29 is 18.3 Å². The Morgan fingerprint density at radius 1 is 1.25 bits per heavy atom. The molecule has 28 heavy (non-hydrogen) atoms.